The molecule has 0 radical (unpaired) electrons. The summed E-state index contributed by atoms with van der Waals surface area (Å²) >= 11 is 0. The minimum Gasteiger partial charge on any atom is -0.462 e. The van der Waals surface area contributed by atoms with Gasteiger partial charge in [0.15, 0.2) is 6.10 Å². The summed E-state index contributed by atoms with van der Waals surface area (Å²) < 4.78 is 32.5. The molecule has 0 rings (SSSR count). The molecule has 11 heteroatoms. The van der Waals surface area contributed by atoms with Crippen molar-refractivity contribution in [1.82, 2.24) is 0 Å². The topological polar surface area (TPSA) is 155 Å². The van der Waals surface area contributed by atoms with Gasteiger partial charge in [0.2, 0.25) is 0 Å². The SMILES string of the molecule is CC/C=C\C/C=C\C/C=C\C/C=C\C/C=C\CCCC(=O)O[C@H](COC(=O)CCC[C@H](O)/C=C/C=C\C/C=C\C/C=C\CCCCC)COP(=O)(O)OCCN. The fourth-order valence-corrected chi connectivity index (χ4v) is 5.48. The number of carbonyl (C=O) groups excluding carboxylic acids is 2. The van der Waals surface area contributed by atoms with Crippen LogP contribution in [0.4, 0.5) is 0 Å². The van der Waals surface area contributed by atoms with Gasteiger partial charge in [-0.3, -0.25) is 18.6 Å². The van der Waals surface area contributed by atoms with Gasteiger partial charge >= 0.3 is 19.8 Å². The third kappa shape index (κ3) is 38.9. The molecule has 0 saturated heterocycles. The predicted molar refractivity (Wildman–Crippen MR) is 230 cm³/mol. The summed E-state index contributed by atoms with van der Waals surface area (Å²) in [5, 5.41) is 10.2. The fourth-order valence-electron chi connectivity index (χ4n) is 4.71. The number of ether oxygens (including phenoxy) is 2. The molecule has 0 saturated carbocycles. The van der Waals surface area contributed by atoms with Gasteiger partial charge in [0, 0.05) is 19.4 Å². The van der Waals surface area contributed by atoms with Crippen molar-refractivity contribution in [1.29, 1.82) is 0 Å². The highest BCUT2D eigenvalue weighted by atomic mass is 31.2. The van der Waals surface area contributed by atoms with E-state index in [0.29, 0.717) is 25.7 Å². The average Bonchev–Trinajstić information content (AvgIpc) is 3.18. The van der Waals surface area contributed by atoms with E-state index in [-0.39, 0.29) is 32.6 Å². The Labute approximate surface area is 338 Å². The Bertz CT molecular complexity index is 1300. The maximum absolute atomic E-state index is 12.5. The Hall–Kier alpha value is -3.37. The Morgan fingerprint density at radius 3 is 1.75 bits per heavy atom. The second kappa shape index (κ2) is 39.8. The maximum Gasteiger partial charge on any atom is 0.472 e. The number of aliphatic hydroxyl groups excluding tert-OH is 1. The molecule has 316 valence electrons. The number of hydrogen-bond acceptors (Lipinski definition) is 9. The molecule has 0 heterocycles. The molecule has 0 aromatic heterocycles. The number of phosphoric ester groups is 1. The molecule has 0 aliphatic rings. The zero-order chi connectivity index (χ0) is 41.2. The van der Waals surface area contributed by atoms with Crippen LogP contribution in [-0.2, 0) is 32.7 Å². The van der Waals surface area contributed by atoms with Gasteiger partial charge in [0.1, 0.15) is 6.61 Å². The van der Waals surface area contributed by atoms with Crippen LogP contribution in [0, 0.1) is 0 Å². The summed E-state index contributed by atoms with van der Waals surface area (Å²) in [5.74, 6) is -1.11. The van der Waals surface area contributed by atoms with Crippen molar-refractivity contribution >= 4 is 19.8 Å². The first-order chi connectivity index (χ1) is 27.2. The first-order valence-corrected chi connectivity index (χ1v) is 22.0. The molecule has 0 aromatic carbocycles. The van der Waals surface area contributed by atoms with E-state index in [0.717, 1.165) is 51.4 Å². The van der Waals surface area contributed by atoms with Crippen LogP contribution in [0.1, 0.15) is 123 Å². The first kappa shape index (κ1) is 52.6. The summed E-state index contributed by atoms with van der Waals surface area (Å²) in [6, 6.07) is 0. The van der Waals surface area contributed by atoms with Crippen LogP contribution in [0.5, 0.6) is 0 Å². The molecule has 0 amide bonds. The molecule has 0 aromatic rings. The van der Waals surface area contributed by atoms with Gasteiger partial charge in [-0.15, -0.1) is 0 Å². The van der Waals surface area contributed by atoms with Crippen molar-refractivity contribution in [3.63, 3.8) is 0 Å². The minimum absolute atomic E-state index is 0.0121. The van der Waals surface area contributed by atoms with Gasteiger partial charge in [0.25, 0.3) is 0 Å². The van der Waals surface area contributed by atoms with Gasteiger partial charge in [-0.1, -0.05) is 136 Å². The smallest absolute Gasteiger partial charge is 0.462 e. The summed E-state index contributed by atoms with van der Waals surface area (Å²) in [6.45, 7) is 3.26. The largest absolute Gasteiger partial charge is 0.472 e. The standard InChI is InChI=1S/C45H72NO9P/c1-3-5-7-9-11-13-15-17-18-19-20-22-24-26-28-30-32-36-45(49)55-43(41-54-56(50,51)53-39-38-46)40-52-44(48)37-33-35-42(47)34-31-29-27-25-23-21-16-14-12-10-8-6-4-2/h5,7,11-14,17-18,20-23,26-29,31,34,42-43,47H,3-4,6,8-10,15-16,19,24-25,30,32-33,35-41,46H2,1-2H3,(H,50,51)/b7-5-,13-11-,14-12-,18-17-,22-20-,23-21-,28-26-,29-27-,34-31+/t42-,43-/m1/s1. The number of nitrogens with two attached hydrogens (primary N) is 1. The molecule has 10 nitrogen and oxygen atoms in total. The van der Waals surface area contributed by atoms with E-state index in [4.69, 9.17) is 24.3 Å². The van der Waals surface area contributed by atoms with Crippen molar-refractivity contribution in [2.45, 2.75) is 135 Å². The maximum atomic E-state index is 12.5. The molecular weight excluding hydrogens is 729 g/mol. The molecule has 1 unspecified atom stereocenters. The van der Waals surface area contributed by atoms with Gasteiger partial charge in [-0.25, -0.2) is 4.57 Å². The fraction of sp³-hybridized carbons (Fsp3) is 0.556. The number of hydrogen-bond donors (Lipinski definition) is 3. The van der Waals surface area contributed by atoms with E-state index in [1.807, 2.05) is 24.3 Å². The number of phosphoric acid groups is 1. The lowest BCUT2D eigenvalue weighted by atomic mass is 10.1. The predicted octanol–water partition coefficient (Wildman–Crippen LogP) is 10.6. The number of rotatable bonds is 36. The van der Waals surface area contributed by atoms with E-state index in [9.17, 15) is 24.2 Å². The number of aliphatic hydroxyl groups is 1. The Morgan fingerprint density at radius 1 is 0.643 bits per heavy atom. The van der Waals surface area contributed by atoms with Crippen LogP contribution in [-0.4, -0.2) is 60.5 Å². The molecule has 0 fully saturated rings. The highest BCUT2D eigenvalue weighted by Gasteiger charge is 2.26. The minimum atomic E-state index is -4.44. The highest BCUT2D eigenvalue weighted by molar-refractivity contribution is 7.47. The lowest BCUT2D eigenvalue weighted by molar-refractivity contribution is -0.161. The molecule has 0 spiro atoms. The number of esters is 2. The summed E-state index contributed by atoms with van der Waals surface area (Å²) in [6.07, 6.45) is 48.7. The lowest BCUT2D eigenvalue weighted by Crippen LogP contribution is -2.29. The zero-order valence-electron chi connectivity index (χ0n) is 34.2. The molecule has 0 aliphatic carbocycles. The van der Waals surface area contributed by atoms with Crippen LogP contribution in [0.15, 0.2) is 109 Å². The van der Waals surface area contributed by atoms with Crippen molar-refractivity contribution in [3.8, 4) is 0 Å². The quantitative estimate of drug-likeness (QED) is 0.0183. The van der Waals surface area contributed by atoms with E-state index in [1.54, 1.807) is 12.2 Å². The number of unbranched alkanes of at least 4 members (excludes halogenated alkanes) is 4. The summed E-state index contributed by atoms with van der Waals surface area (Å²) in [5.41, 5.74) is 5.32. The van der Waals surface area contributed by atoms with E-state index >= 15 is 0 Å². The van der Waals surface area contributed by atoms with Gasteiger partial charge in [0.05, 0.1) is 19.3 Å². The normalized spacial score (nSPS) is 15.0. The number of allylic oxidation sites excluding steroid dienone is 17. The summed E-state index contributed by atoms with van der Waals surface area (Å²) in [4.78, 5) is 34.8. The van der Waals surface area contributed by atoms with Crippen molar-refractivity contribution in [2.75, 3.05) is 26.4 Å². The number of carbonyl (C=O) groups is 2. The molecule has 56 heavy (non-hydrogen) atoms. The lowest BCUT2D eigenvalue weighted by Gasteiger charge is -2.19. The summed E-state index contributed by atoms with van der Waals surface area (Å²) in [7, 11) is -4.44. The van der Waals surface area contributed by atoms with Crippen LogP contribution >= 0.6 is 7.82 Å². The molecule has 0 aliphatic heterocycles. The second-order valence-electron chi connectivity index (χ2n) is 13.0. The van der Waals surface area contributed by atoms with Crippen LogP contribution in [0.3, 0.4) is 0 Å². The third-order valence-corrected chi connectivity index (χ3v) is 8.73. The van der Waals surface area contributed by atoms with Crippen LogP contribution in [0.2, 0.25) is 0 Å². The van der Waals surface area contributed by atoms with E-state index in [2.05, 4.69) is 86.8 Å². The van der Waals surface area contributed by atoms with E-state index < -0.39 is 38.6 Å². The molecular formula is C45H72NO9P. The Kier molecular flexibility index (Phi) is 37.5. The van der Waals surface area contributed by atoms with E-state index in [1.165, 1.54) is 19.3 Å². The third-order valence-electron chi connectivity index (χ3n) is 7.75. The molecule has 0 bridgehead atoms. The van der Waals surface area contributed by atoms with Gasteiger partial charge < -0.3 is 25.2 Å². The second-order valence-corrected chi connectivity index (χ2v) is 14.4. The van der Waals surface area contributed by atoms with Crippen LogP contribution in [0.25, 0.3) is 0 Å². The molecule has 3 atom stereocenters. The highest BCUT2D eigenvalue weighted by Crippen LogP contribution is 2.43. The Morgan fingerprint density at radius 2 is 1.18 bits per heavy atom. The Balaban J connectivity index is 4.51. The molecule has 4 N–H and O–H groups in total. The first-order valence-electron chi connectivity index (χ1n) is 20.5. The van der Waals surface area contributed by atoms with Gasteiger partial charge in [-0.05, 0) is 83.5 Å². The van der Waals surface area contributed by atoms with Crippen LogP contribution < -0.4 is 5.73 Å². The van der Waals surface area contributed by atoms with Crippen molar-refractivity contribution < 1.29 is 42.7 Å². The van der Waals surface area contributed by atoms with Crippen molar-refractivity contribution in [2.24, 2.45) is 5.73 Å². The monoisotopic (exact) mass is 801 g/mol. The zero-order valence-corrected chi connectivity index (χ0v) is 35.1. The average molecular weight is 802 g/mol. The van der Waals surface area contributed by atoms with Gasteiger partial charge in [-0.2, -0.15) is 0 Å². The van der Waals surface area contributed by atoms with Crippen molar-refractivity contribution in [3.05, 3.63) is 109 Å².